The minimum Gasteiger partial charge on any atom is -0.380 e. The van der Waals surface area contributed by atoms with Crippen molar-refractivity contribution in [2.45, 2.75) is 62.0 Å². The van der Waals surface area contributed by atoms with E-state index < -0.39 is 11.3 Å². The number of para-hydroxylation sites is 1. The quantitative estimate of drug-likeness (QED) is 0.787. The molecule has 0 aliphatic carbocycles. The van der Waals surface area contributed by atoms with Crippen molar-refractivity contribution in [3.05, 3.63) is 29.8 Å². The number of nitrogens with zero attached hydrogens (tertiary/aromatic N) is 2. The summed E-state index contributed by atoms with van der Waals surface area (Å²) >= 11 is 0. The van der Waals surface area contributed by atoms with Crippen LogP contribution in [0.3, 0.4) is 0 Å². The highest BCUT2D eigenvalue weighted by atomic mass is 16.7. The summed E-state index contributed by atoms with van der Waals surface area (Å²) in [6.45, 7) is 2.10. The molecule has 1 aromatic rings. The van der Waals surface area contributed by atoms with Crippen LogP contribution in [0.4, 0.5) is 5.69 Å². The number of piperidine rings is 3. The van der Waals surface area contributed by atoms with Gasteiger partial charge in [0.15, 0.2) is 12.0 Å². The maximum Gasteiger partial charge on any atom is 0.195 e. The van der Waals surface area contributed by atoms with Crippen molar-refractivity contribution < 1.29 is 14.6 Å². The first-order valence-corrected chi connectivity index (χ1v) is 9.37. The summed E-state index contributed by atoms with van der Waals surface area (Å²) in [5.41, 5.74) is 0.832. The Kier molecular flexibility index (Phi) is 2.01. The lowest BCUT2D eigenvalue weighted by Crippen LogP contribution is -2.88. The summed E-state index contributed by atoms with van der Waals surface area (Å²) in [5.74, 6) is 0. The summed E-state index contributed by atoms with van der Waals surface area (Å²) in [6.07, 6.45) is 5.20. The number of ether oxygens (including phenoxy) is 2. The second-order valence-corrected chi connectivity index (χ2v) is 8.64. The summed E-state index contributed by atoms with van der Waals surface area (Å²) < 4.78 is 12.9. The van der Waals surface area contributed by atoms with Gasteiger partial charge in [0, 0.05) is 30.6 Å². The fourth-order valence-corrected chi connectivity index (χ4v) is 7.24. The number of hydrogen-bond donors (Lipinski definition) is 1. The van der Waals surface area contributed by atoms with Gasteiger partial charge in [-0.2, -0.15) is 0 Å². The number of rotatable bonds is 0. The first-order chi connectivity index (χ1) is 11.7. The van der Waals surface area contributed by atoms with E-state index in [1.165, 1.54) is 12.8 Å². The highest BCUT2D eigenvalue weighted by Crippen LogP contribution is 2.71. The van der Waals surface area contributed by atoms with Gasteiger partial charge >= 0.3 is 0 Å². The number of hydrogen-bond acceptors (Lipinski definition) is 5. The average Bonchev–Trinajstić information content (AvgIpc) is 2.80. The smallest absolute Gasteiger partial charge is 0.195 e. The van der Waals surface area contributed by atoms with Crippen molar-refractivity contribution in [2.75, 3.05) is 18.0 Å². The summed E-state index contributed by atoms with van der Waals surface area (Å²) in [6, 6.07) is 8.62. The Morgan fingerprint density at radius 2 is 2.04 bits per heavy atom. The zero-order valence-corrected chi connectivity index (χ0v) is 13.6. The molecule has 0 radical (unpaired) electrons. The van der Waals surface area contributed by atoms with E-state index in [4.69, 9.17) is 9.47 Å². The maximum atomic E-state index is 12.0. The Morgan fingerprint density at radius 1 is 1.12 bits per heavy atom. The molecule has 126 valence electrons. The van der Waals surface area contributed by atoms with E-state index >= 15 is 0 Å². The molecular weight excluding hydrogens is 304 g/mol. The third kappa shape index (κ3) is 1.09. The highest BCUT2D eigenvalue weighted by molar-refractivity contribution is 5.68. The van der Waals surface area contributed by atoms with Gasteiger partial charge in [0.2, 0.25) is 0 Å². The van der Waals surface area contributed by atoms with Crippen LogP contribution in [0.25, 0.3) is 0 Å². The Balaban J connectivity index is 1.57. The van der Waals surface area contributed by atoms with Crippen molar-refractivity contribution in [1.29, 1.82) is 0 Å². The van der Waals surface area contributed by atoms with E-state index in [2.05, 4.69) is 28.0 Å². The molecule has 6 fully saturated rings. The molecule has 5 nitrogen and oxygen atoms in total. The third-order valence-electron chi connectivity index (χ3n) is 7.82. The topological polar surface area (TPSA) is 45.2 Å². The largest absolute Gasteiger partial charge is 0.380 e. The summed E-state index contributed by atoms with van der Waals surface area (Å²) in [4.78, 5) is 4.94. The molecule has 0 unspecified atom stereocenters. The Labute approximate surface area is 141 Å². The molecule has 24 heavy (non-hydrogen) atoms. The van der Waals surface area contributed by atoms with Gasteiger partial charge in [-0.3, -0.25) is 4.90 Å². The second kappa shape index (κ2) is 3.68. The zero-order valence-electron chi connectivity index (χ0n) is 13.6. The van der Waals surface area contributed by atoms with E-state index in [0.717, 1.165) is 43.6 Å². The first kappa shape index (κ1) is 13.1. The standard InChI is InChI=1S/C19H22N2O3/c22-18-7-9-20-8-3-6-17-10-14-21(13-5-2-1-4-12(13)18)19(18,16(17)20)24-15(11-17)23-14/h1-2,4-5,14-16,22H,3,6-11H2/t14-,15-,16-,17-,18-,19-/m1/s1. The monoisotopic (exact) mass is 326 g/mol. The molecule has 4 bridgehead atoms. The van der Waals surface area contributed by atoms with Gasteiger partial charge < -0.3 is 19.5 Å². The lowest BCUT2D eigenvalue weighted by molar-refractivity contribution is -0.424. The van der Waals surface area contributed by atoms with Gasteiger partial charge in [-0.1, -0.05) is 18.2 Å². The SMILES string of the molecule is O[C@]12CCN3CCC[C@]45C[C@@H]6O[C@H](C4)N(c4ccccc41)[C@@]2(O6)[C@H]35. The van der Waals surface area contributed by atoms with E-state index in [9.17, 15) is 5.11 Å². The number of anilines is 1. The van der Waals surface area contributed by atoms with Crippen LogP contribution >= 0.6 is 0 Å². The highest BCUT2D eigenvalue weighted by Gasteiger charge is 2.81. The average molecular weight is 326 g/mol. The molecule has 5 heteroatoms. The van der Waals surface area contributed by atoms with Crippen molar-refractivity contribution in [1.82, 2.24) is 4.90 Å². The molecular formula is C19H22N2O3. The predicted molar refractivity (Wildman–Crippen MR) is 86.2 cm³/mol. The Bertz CT molecular complexity index is 771. The molecule has 2 spiro atoms. The molecule has 8 rings (SSSR count). The number of fused-ring (bicyclic) bond motifs is 2. The van der Waals surface area contributed by atoms with Crippen LogP contribution in [-0.4, -0.2) is 47.4 Å². The van der Waals surface area contributed by atoms with Crippen LogP contribution in [0, 0.1) is 5.41 Å². The number of benzene rings is 1. The van der Waals surface area contributed by atoms with E-state index in [1.807, 2.05) is 6.07 Å². The lowest BCUT2D eigenvalue weighted by Gasteiger charge is -2.75. The van der Waals surface area contributed by atoms with Crippen LogP contribution in [-0.2, 0) is 15.1 Å². The minimum atomic E-state index is -0.922. The molecule has 1 aromatic carbocycles. The molecule has 0 amide bonds. The van der Waals surface area contributed by atoms with Crippen molar-refractivity contribution >= 4 is 5.69 Å². The van der Waals surface area contributed by atoms with Crippen LogP contribution in [0.1, 0.15) is 37.7 Å². The number of aliphatic hydroxyl groups is 1. The molecule has 7 heterocycles. The fraction of sp³-hybridized carbons (Fsp3) is 0.684. The van der Waals surface area contributed by atoms with Crippen molar-refractivity contribution in [3.63, 3.8) is 0 Å². The van der Waals surface area contributed by atoms with Gasteiger partial charge in [0.25, 0.3) is 0 Å². The molecule has 1 N–H and O–H groups in total. The zero-order chi connectivity index (χ0) is 15.7. The van der Waals surface area contributed by atoms with E-state index in [1.54, 1.807) is 0 Å². The maximum absolute atomic E-state index is 12.0. The van der Waals surface area contributed by atoms with Crippen LogP contribution < -0.4 is 4.90 Å². The lowest BCUT2D eigenvalue weighted by atomic mass is 9.55. The normalized spacial score (nSPS) is 53.2. The Hall–Kier alpha value is -1.14. The summed E-state index contributed by atoms with van der Waals surface area (Å²) in [7, 11) is 0. The summed E-state index contributed by atoms with van der Waals surface area (Å²) in [5, 5.41) is 12.0. The molecule has 7 aliphatic rings. The van der Waals surface area contributed by atoms with Crippen molar-refractivity contribution in [3.8, 4) is 0 Å². The van der Waals surface area contributed by atoms with Crippen LogP contribution in [0.5, 0.6) is 0 Å². The van der Waals surface area contributed by atoms with Gasteiger partial charge in [-0.05, 0) is 37.3 Å². The molecule has 6 saturated heterocycles. The molecule has 6 atom stereocenters. The van der Waals surface area contributed by atoms with Crippen molar-refractivity contribution in [2.24, 2.45) is 5.41 Å². The van der Waals surface area contributed by atoms with Crippen LogP contribution in [0.15, 0.2) is 24.3 Å². The third-order valence-corrected chi connectivity index (χ3v) is 7.82. The molecule has 0 aromatic heterocycles. The fourth-order valence-electron chi connectivity index (χ4n) is 7.24. The first-order valence-electron chi connectivity index (χ1n) is 9.37. The molecule has 7 aliphatic heterocycles. The Morgan fingerprint density at radius 3 is 3.00 bits per heavy atom. The van der Waals surface area contributed by atoms with Gasteiger partial charge in [0.05, 0.1) is 6.04 Å². The minimum absolute atomic E-state index is 0.0435. The van der Waals surface area contributed by atoms with E-state index in [-0.39, 0.29) is 24.0 Å². The van der Waals surface area contributed by atoms with Gasteiger partial charge in [-0.25, -0.2) is 0 Å². The van der Waals surface area contributed by atoms with E-state index in [0.29, 0.717) is 0 Å². The van der Waals surface area contributed by atoms with Gasteiger partial charge in [0.1, 0.15) is 11.8 Å². The molecule has 0 saturated carbocycles. The van der Waals surface area contributed by atoms with Gasteiger partial charge in [-0.15, -0.1) is 0 Å². The second-order valence-electron chi connectivity index (χ2n) is 8.64. The predicted octanol–water partition coefficient (Wildman–Crippen LogP) is 1.75. The van der Waals surface area contributed by atoms with Crippen LogP contribution in [0.2, 0.25) is 0 Å².